The normalized spacial score (nSPS) is 19.3. The molecule has 0 unspecified atom stereocenters. The number of nitrogens with two attached hydrogens (primary N) is 2. The molecule has 1 aromatic rings. The van der Waals surface area contributed by atoms with Crippen molar-refractivity contribution in [2.45, 2.75) is 25.3 Å². The summed E-state index contributed by atoms with van der Waals surface area (Å²) in [5.74, 6) is -2.45. The van der Waals surface area contributed by atoms with E-state index in [4.69, 9.17) is 11.5 Å². The predicted molar refractivity (Wildman–Crippen MR) is 86.8 cm³/mol. The molecule has 1 aliphatic rings. The maximum absolute atomic E-state index is 13.1. The van der Waals surface area contributed by atoms with Gasteiger partial charge in [0.2, 0.25) is 5.96 Å². The SMILES string of the molecule is NC(=NCc1ccccc1Br)/N=C(\N)N1CCC(F)(F)CC1. The van der Waals surface area contributed by atoms with Gasteiger partial charge in [0.05, 0.1) is 6.54 Å². The van der Waals surface area contributed by atoms with Crippen LogP contribution in [0.15, 0.2) is 38.7 Å². The van der Waals surface area contributed by atoms with Crippen LogP contribution in [0.25, 0.3) is 0 Å². The highest BCUT2D eigenvalue weighted by molar-refractivity contribution is 9.10. The van der Waals surface area contributed by atoms with E-state index in [1.165, 1.54) is 0 Å². The molecule has 0 atom stereocenters. The molecule has 0 amide bonds. The molecule has 5 nitrogen and oxygen atoms in total. The summed E-state index contributed by atoms with van der Waals surface area (Å²) in [7, 11) is 0. The number of aliphatic imine (C=N–C) groups is 2. The van der Waals surface area contributed by atoms with Gasteiger partial charge >= 0.3 is 0 Å². The fourth-order valence-corrected chi connectivity index (χ4v) is 2.49. The summed E-state index contributed by atoms with van der Waals surface area (Å²) in [6, 6.07) is 7.63. The Morgan fingerprint density at radius 1 is 1.23 bits per heavy atom. The van der Waals surface area contributed by atoms with Gasteiger partial charge in [-0.05, 0) is 11.6 Å². The minimum Gasteiger partial charge on any atom is -0.369 e. The van der Waals surface area contributed by atoms with Crippen molar-refractivity contribution in [1.29, 1.82) is 0 Å². The molecule has 4 N–H and O–H groups in total. The van der Waals surface area contributed by atoms with Crippen LogP contribution in [0.4, 0.5) is 8.78 Å². The Labute approximate surface area is 136 Å². The number of piperidine rings is 1. The topological polar surface area (TPSA) is 80.0 Å². The van der Waals surface area contributed by atoms with Crippen molar-refractivity contribution < 1.29 is 8.78 Å². The summed E-state index contributed by atoms with van der Waals surface area (Å²) in [6.07, 6.45) is -0.450. The van der Waals surface area contributed by atoms with Crippen LogP contribution in [0, 0.1) is 0 Å². The van der Waals surface area contributed by atoms with Crippen molar-refractivity contribution in [3.8, 4) is 0 Å². The van der Waals surface area contributed by atoms with Crippen molar-refractivity contribution >= 4 is 27.8 Å². The molecule has 8 heteroatoms. The zero-order valence-corrected chi connectivity index (χ0v) is 13.6. The maximum Gasteiger partial charge on any atom is 0.251 e. The summed E-state index contributed by atoms with van der Waals surface area (Å²) in [6.45, 7) is 0.696. The number of alkyl halides is 2. The van der Waals surface area contributed by atoms with Crippen LogP contribution in [-0.2, 0) is 6.54 Å². The van der Waals surface area contributed by atoms with Gasteiger partial charge in [0, 0.05) is 30.4 Å². The molecule has 120 valence electrons. The summed E-state index contributed by atoms with van der Waals surface area (Å²) in [4.78, 5) is 9.72. The Kier molecular flexibility index (Phi) is 5.33. The Morgan fingerprint density at radius 2 is 1.86 bits per heavy atom. The zero-order chi connectivity index (χ0) is 16.2. The number of benzene rings is 1. The van der Waals surface area contributed by atoms with Gasteiger partial charge in [0.25, 0.3) is 5.92 Å². The standard InChI is InChI=1S/C14H18BrF2N5/c15-11-4-2-1-3-10(11)9-20-12(18)21-13(19)22-7-5-14(16,17)6-8-22/h1-4H,5-9H2,(H4,18,19,20,21). The second-order valence-electron chi connectivity index (χ2n) is 5.08. The first-order chi connectivity index (χ1) is 10.4. The number of nitrogens with zero attached hydrogens (tertiary/aromatic N) is 3. The Bertz CT molecular complexity index is 578. The fourth-order valence-electron chi connectivity index (χ4n) is 2.08. The van der Waals surface area contributed by atoms with E-state index in [0.29, 0.717) is 6.54 Å². The van der Waals surface area contributed by atoms with Gasteiger partial charge in [-0.3, -0.25) is 0 Å². The third-order valence-electron chi connectivity index (χ3n) is 3.42. The van der Waals surface area contributed by atoms with E-state index in [1.54, 1.807) is 4.90 Å². The molecule has 0 aromatic heterocycles. The highest BCUT2D eigenvalue weighted by atomic mass is 79.9. The monoisotopic (exact) mass is 373 g/mol. The van der Waals surface area contributed by atoms with Gasteiger partial charge in [0.1, 0.15) is 0 Å². The van der Waals surface area contributed by atoms with Crippen molar-refractivity contribution in [3.05, 3.63) is 34.3 Å². The van der Waals surface area contributed by atoms with Crippen LogP contribution in [0.2, 0.25) is 0 Å². The second kappa shape index (κ2) is 7.04. The van der Waals surface area contributed by atoms with Gasteiger partial charge in [-0.1, -0.05) is 34.1 Å². The number of halogens is 3. The molecule has 22 heavy (non-hydrogen) atoms. The molecular formula is C14H18BrF2N5. The molecule has 1 fully saturated rings. The van der Waals surface area contributed by atoms with E-state index >= 15 is 0 Å². The quantitative estimate of drug-likeness (QED) is 0.616. The minimum absolute atomic E-state index is 0.0330. The van der Waals surface area contributed by atoms with E-state index in [-0.39, 0.29) is 37.9 Å². The molecule has 1 heterocycles. The first kappa shape index (κ1) is 16.7. The summed E-state index contributed by atoms with van der Waals surface area (Å²) < 4.78 is 27.1. The molecule has 1 aliphatic heterocycles. The van der Waals surface area contributed by atoms with Gasteiger partial charge in [-0.25, -0.2) is 13.8 Å². The highest BCUT2D eigenvalue weighted by Crippen LogP contribution is 2.27. The Morgan fingerprint density at radius 3 is 2.50 bits per heavy atom. The van der Waals surface area contributed by atoms with Crippen molar-refractivity contribution in [3.63, 3.8) is 0 Å². The molecule has 0 bridgehead atoms. The number of guanidine groups is 2. The lowest BCUT2D eigenvalue weighted by molar-refractivity contribution is -0.0435. The van der Waals surface area contributed by atoms with Crippen molar-refractivity contribution in [1.82, 2.24) is 4.90 Å². The van der Waals surface area contributed by atoms with Gasteiger partial charge in [-0.15, -0.1) is 0 Å². The Hall–Kier alpha value is -1.70. The number of hydrogen-bond donors (Lipinski definition) is 2. The smallest absolute Gasteiger partial charge is 0.251 e. The molecule has 0 saturated carbocycles. The Balaban J connectivity index is 1.96. The average molecular weight is 374 g/mol. The highest BCUT2D eigenvalue weighted by Gasteiger charge is 2.34. The predicted octanol–water partition coefficient (Wildman–Crippen LogP) is 2.31. The van der Waals surface area contributed by atoms with Gasteiger partial charge in [0.15, 0.2) is 5.96 Å². The largest absolute Gasteiger partial charge is 0.369 e. The zero-order valence-electron chi connectivity index (χ0n) is 12.0. The van der Waals surface area contributed by atoms with E-state index in [9.17, 15) is 8.78 Å². The van der Waals surface area contributed by atoms with Crippen LogP contribution in [0.3, 0.4) is 0 Å². The van der Waals surface area contributed by atoms with Crippen molar-refractivity contribution in [2.24, 2.45) is 21.5 Å². The van der Waals surface area contributed by atoms with Gasteiger partial charge < -0.3 is 16.4 Å². The fraction of sp³-hybridized carbons (Fsp3) is 0.429. The van der Waals surface area contributed by atoms with Crippen LogP contribution in [0.5, 0.6) is 0 Å². The third-order valence-corrected chi connectivity index (χ3v) is 4.19. The van der Waals surface area contributed by atoms with Gasteiger partial charge in [-0.2, -0.15) is 4.99 Å². The lowest BCUT2D eigenvalue weighted by Gasteiger charge is -2.32. The molecule has 0 spiro atoms. The average Bonchev–Trinajstić information content (AvgIpc) is 2.46. The second-order valence-corrected chi connectivity index (χ2v) is 5.93. The number of likely N-dealkylation sites (tertiary alicyclic amines) is 1. The summed E-state index contributed by atoms with van der Waals surface area (Å²) in [5, 5.41) is 0. The van der Waals surface area contributed by atoms with E-state index < -0.39 is 5.92 Å². The lowest BCUT2D eigenvalue weighted by Crippen LogP contribution is -2.46. The first-order valence-corrected chi connectivity index (χ1v) is 7.67. The van der Waals surface area contributed by atoms with Crippen molar-refractivity contribution in [2.75, 3.05) is 13.1 Å². The first-order valence-electron chi connectivity index (χ1n) is 6.88. The molecule has 0 aliphatic carbocycles. The molecular weight excluding hydrogens is 356 g/mol. The minimum atomic E-state index is -2.62. The summed E-state index contributed by atoms with van der Waals surface area (Å²) in [5.41, 5.74) is 12.5. The number of hydrogen-bond acceptors (Lipinski definition) is 1. The number of rotatable bonds is 2. The molecule has 1 aromatic carbocycles. The van der Waals surface area contributed by atoms with E-state index in [1.807, 2.05) is 24.3 Å². The molecule has 2 rings (SSSR count). The van der Waals surface area contributed by atoms with E-state index in [2.05, 4.69) is 25.9 Å². The third kappa shape index (κ3) is 4.66. The maximum atomic E-state index is 13.1. The lowest BCUT2D eigenvalue weighted by atomic mass is 10.1. The summed E-state index contributed by atoms with van der Waals surface area (Å²) >= 11 is 3.42. The van der Waals surface area contributed by atoms with Crippen LogP contribution in [0.1, 0.15) is 18.4 Å². The van der Waals surface area contributed by atoms with Crippen LogP contribution < -0.4 is 11.5 Å². The molecule has 1 saturated heterocycles. The van der Waals surface area contributed by atoms with Crippen LogP contribution in [-0.4, -0.2) is 35.8 Å². The molecule has 0 radical (unpaired) electrons. The van der Waals surface area contributed by atoms with E-state index in [0.717, 1.165) is 10.0 Å². The van der Waals surface area contributed by atoms with Crippen LogP contribution >= 0.6 is 15.9 Å².